The molecule has 0 saturated heterocycles. The number of carbonyl (C=O) groups excluding carboxylic acids is 1. The fraction of sp³-hybridized carbons (Fsp3) is 0.136. The second-order valence-electron chi connectivity index (χ2n) is 6.73. The van der Waals surface area contributed by atoms with Crippen molar-refractivity contribution >= 4 is 56.3 Å². The van der Waals surface area contributed by atoms with Crippen LogP contribution in [-0.4, -0.2) is 15.5 Å². The number of aromatic nitrogens is 2. The van der Waals surface area contributed by atoms with Crippen molar-refractivity contribution in [3.05, 3.63) is 80.1 Å². The van der Waals surface area contributed by atoms with Crippen LogP contribution in [0.3, 0.4) is 0 Å². The van der Waals surface area contributed by atoms with Gasteiger partial charge in [0.1, 0.15) is 11.4 Å². The molecule has 2 heterocycles. The van der Waals surface area contributed by atoms with Gasteiger partial charge in [-0.25, -0.2) is 4.98 Å². The third-order valence-corrected chi connectivity index (χ3v) is 6.20. The molecule has 0 aliphatic heterocycles. The van der Waals surface area contributed by atoms with Gasteiger partial charge in [-0.3, -0.25) is 14.2 Å². The molecule has 1 N–H and O–H groups in total. The Morgan fingerprint density at radius 3 is 2.67 bits per heavy atom. The normalized spacial score (nSPS) is 11.0. The minimum absolute atomic E-state index is 0.186. The third-order valence-electron chi connectivity index (χ3n) is 4.75. The summed E-state index contributed by atoms with van der Waals surface area (Å²) in [5.74, 6) is -0.397. The minimum atomic E-state index is -0.397. The van der Waals surface area contributed by atoms with E-state index in [1.807, 2.05) is 17.5 Å². The summed E-state index contributed by atoms with van der Waals surface area (Å²) in [5, 5.41) is 5.94. The van der Waals surface area contributed by atoms with Gasteiger partial charge < -0.3 is 5.32 Å². The van der Waals surface area contributed by atoms with Crippen LogP contribution in [0.15, 0.2) is 59.0 Å². The molecule has 1 amide bonds. The zero-order chi connectivity index (χ0) is 21.3. The van der Waals surface area contributed by atoms with E-state index >= 15 is 0 Å². The van der Waals surface area contributed by atoms with E-state index in [4.69, 9.17) is 23.2 Å². The molecule has 4 aromatic rings. The number of rotatable bonds is 5. The molecule has 0 aliphatic carbocycles. The van der Waals surface area contributed by atoms with Crippen molar-refractivity contribution in [1.82, 2.24) is 9.55 Å². The summed E-state index contributed by atoms with van der Waals surface area (Å²) < 4.78 is 1.30. The standard InChI is InChI=1S/C22H17Cl2N3O2S/c1-2-13-3-5-14(6-4-13)16-11-30-21-20(16)22(29)27(12-25-21)10-19(28)26-18-9-15(23)7-8-17(18)24/h3-9,11-12H,2,10H2,1H3,(H,26,28). The molecule has 0 aliphatic rings. The average molecular weight is 458 g/mol. The molecule has 0 saturated carbocycles. The zero-order valence-corrected chi connectivity index (χ0v) is 18.3. The number of benzene rings is 2. The van der Waals surface area contributed by atoms with E-state index in [0.29, 0.717) is 25.9 Å². The summed E-state index contributed by atoms with van der Waals surface area (Å²) >= 11 is 13.5. The summed E-state index contributed by atoms with van der Waals surface area (Å²) in [5.41, 5.74) is 3.13. The van der Waals surface area contributed by atoms with Crippen LogP contribution in [0.5, 0.6) is 0 Å². The zero-order valence-electron chi connectivity index (χ0n) is 16.0. The fourth-order valence-corrected chi connectivity index (χ4v) is 4.39. The summed E-state index contributed by atoms with van der Waals surface area (Å²) in [7, 11) is 0. The van der Waals surface area contributed by atoms with Crippen LogP contribution in [0.1, 0.15) is 12.5 Å². The maximum Gasteiger partial charge on any atom is 0.263 e. The molecule has 0 atom stereocenters. The van der Waals surface area contributed by atoms with E-state index in [0.717, 1.165) is 17.5 Å². The first-order valence-corrected chi connectivity index (χ1v) is 10.9. The maximum absolute atomic E-state index is 13.1. The van der Waals surface area contributed by atoms with Crippen LogP contribution >= 0.6 is 34.5 Å². The van der Waals surface area contributed by atoms with Crippen LogP contribution in [0, 0.1) is 0 Å². The van der Waals surface area contributed by atoms with E-state index in [1.165, 1.54) is 27.8 Å². The lowest BCUT2D eigenvalue weighted by atomic mass is 10.0. The quantitative estimate of drug-likeness (QED) is 0.422. The minimum Gasteiger partial charge on any atom is -0.323 e. The van der Waals surface area contributed by atoms with Gasteiger partial charge in [0.2, 0.25) is 5.91 Å². The summed E-state index contributed by atoms with van der Waals surface area (Å²) in [6.45, 7) is 1.91. The van der Waals surface area contributed by atoms with Crippen molar-refractivity contribution in [2.75, 3.05) is 5.32 Å². The number of nitrogens with one attached hydrogen (secondary N) is 1. The monoisotopic (exact) mass is 457 g/mol. The topological polar surface area (TPSA) is 64.0 Å². The van der Waals surface area contributed by atoms with Gasteiger partial charge in [0.05, 0.1) is 22.4 Å². The van der Waals surface area contributed by atoms with Crippen LogP contribution in [-0.2, 0) is 17.8 Å². The van der Waals surface area contributed by atoms with Crippen molar-refractivity contribution in [3.8, 4) is 11.1 Å². The lowest BCUT2D eigenvalue weighted by Gasteiger charge is -2.09. The second kappa shape index (κ2) is 8.60. The Kier molecular flexibility index (Phi) is 5.90. The highest BCUT2D eigenvalue weighted by Crippen LogP contribution is 2.31. The predicted molar refractivity (Wildman–Crippen MR) is 124 cm³/mol. The highest BCUT2D eigenvalue weighted by Gasteiger charge is 2.15. The number of amides is 1. The number of anilines is 1. The van der Waals surface area contributed by atoms with Gasteiger partial charge in [0.25, 0.3) is 5.56 Å². The van der Waals surface area contributed by atoms with E-state index in [2.05, 4.69) is 29.4 Å². The third kappa shape index (κ3) is 4.12. The highest BCUT2D eigenvalue weighted by atomic mass is 35.5. The van der Waals surface area contributed by atoms with Gasteiger partial charge >= 0.3 is 0 Å². The van der Waals surface area contributed by atoms with Crippen molar-refractivity contribution in [2.24, 2.45) is 0 Å². The molecule has 0 fully saturated rings. The summed E-state index contributed by atoms with van der Waals surface area (Å²) in [6.07, 6.45) is 2.34. The van der Waals surface area contributed by atoms with Crippen LogP contribution in [0.25, 0.3) is 21.3 Å². The number of halogens is 2. The molecule has 8 heteroatoms. The molecular weight excluding hydrogens is 441 g/mol. The molecular formula is C22H17Cl2N3O2S. The van der Waals surface area contributed by atoms with Crippen LogP contribution in [0.2, 0.25) is 10.0 Å². The molecule has 0 spiro atoms. The number of thiophene rings is 1. The Morgan fingerprint density at radius 2 is 1.93 bits per heavy atom. The lowest BCUT2D eigenvalue weighted by molar-refractivity contribution is -0.116. The SMILES string of the molecule is CCc1ccc(-c2csc3ncn(CC(=O)Nc4cc(Cl)ccc4Cl)c(=O)c23)cc1. The first kappa shape index (κ1) is 20.6. The Bertz CT molecular complexity index is 1300. The van der Waals surface area contributed by atoms with E-state index < -0.39 is 5.91 Å². The number of carbonyl (C=O) groups is 1. The molecule has 30 heavy (non-hydrogen) atoms. The Balaban J connectivity index is 1.65. The van der Waals surface area contributed by atoms with Gasteiger partial charge in [-0.2, -0.15) is 0 Å². The van der Waals surface area contributed by atoms with Gasteiger partial charge in [-0.05, 0) is 35.7 Å². The number of hydrogen-bond donors (Lipinski definition) is 1. The maximum atomic E-state index is 13.1. The van der Waals surface area contributed by atoms with Gasteiger partial charge in [-0.15, -0.1) is 11.3 Å². The van der Waals surface area contributed by atoms with Crippen molar-refractivity contribution in [1.29, 1.82) is 0 Å². The first-order chi connectivity index (χ1) is 14.5. The number of aryl methyl sites for hydroxylation is 1. The predicted octanol–water partition coefficient (Wildman–Crippen LogP) is 5.63. The molecule has 5 nitrogen and oxygen atoms in total. The Morgan fingerprint density at radius 1 is 1.17 bits per heavy atom. The molecule has 152 valence electrons. The van der Waals surface area contributed by atoms with Crippen LogP contribution in [0.4, 0.5) is 5.69 Å². The lowest BCUT2D eigenvalue weighted by Crippen LogP contribution is -2.27. The van der Waals surface area contributed by atoms with Gasteiger partial charge in [0.15, 0.2) is 0 Å². The van der Waals surface area contributed by atoms with Crippen molar-refractivity contribution in [3.63, 3.8) is 0 Å². The molecule has 2 aromatic carbocycles. The van der Waals surface area contributed by atoms with Crippen LogP contribution < -0.4 is 10.9 Å². The van der Waals surface area contributed by atoms with E-state index in [-0.39, 0.29) is 12.1 Å². The smallest absolute Gasteiger partial charge is 0.263 e. The summed E-state index contributed by atoms with van der Waals surface area (Å²) in [4.78, 5) is 30.6. The largest absolute Gasteiger partial charge is 0.323 e. The van der Waals surface area contributed by atoms with E-state index in [1.54, 1.807) is 18.2 Å². The first-order valence-electron chi connectivity index (χ1n) is 9.27. The number of fused-ring (bicyclic) bond motifs is 1. The van der Waals surface area contributed by atoms with Crippen molar-refractivity contribution < 1.29 is 4.79 Å². The Labute approximate surface area is 186 Å². The molecule has 0 unspecified atom stereocenters. The molecule has 4 rings (SSSR count). The van der Waals surface area contributed by atoms with E-state index in [9.17, 15) is 9.59 Å². The number of hydrogen-bond acceptors (Lipinski definition) is 4. The van der Waals surface area contributed by atoms with Gasteiger partial charge in [0, 0.05) is 16.0 Å². The molecule has 2 aromatic heterocycles. The highest BCUT2D eigenvalue weighted by molar-refractivity contribution is 7.17. The summed E-state index contributed by atoms with van der Waals surface area (Å²) in [6, 6.07) is 12.9. The average Bonchev–Trinajstić information content (AvgIpc) is 3.18. The number of nitrogens with zero attached hydrogens (tertiary/aromatic N) is 2. The van der Waals surface area contributed by atoms with Crippen molar-refractivity contribution in [2.45, 2.75) is 19.9 Å². The Hall–Kier alpha value is -2.67. The van der Waals surface area contributed by atoms with Gasteiger partial charge in [-0.1, -0.05) is 54.4 Å². The molecule has 0 radical (unpaired) electrons. The fourth-order valence-electron chi connectivity index (χ4n) is 3.15. The molecule has 0 bridgehead atoms. The second-order valence-corrected chi connectivity index (χ2v) is 8.43.